The molecule has 0 spiro atoms. The molecule has 11 heavy (non-hydrogen) atoms. The number of rotatable bonds is 0. The molecule has 0 unspecified atom stereocenters. The van der Waals surface area contributed by atoms with Crippen LogP contribution in [0.3, 0.4) is 0 Å². The molecule has 1 aliphatic heterocycles. The van der Waals surface area contributed by atoms with E-state index >= 15 is 0 Å². The number of hydrogen-bond donors (Lipinski definition) is 0. The lowest BCUT2D eigenvalue weighted by Gasteiger charge is -2.11. The molecule has 0 saturated heterocycles. The van der Waals surface area contributed by atoms with E-state index in [1.807, 2.05) is 6.08 Å². The molecular formula is C7H10F3N. The van der Waals surface area contributed by atoms with E-state index in [1.165, 1.54) is 0 Å². The Morgan fingerprint density at radius 2 is 1.82 bits per heavy atom. The third-order valence-corrected chi connectivity index (χ3v) is 0.981. The maximum atomic E-state index is 9.67. The normalized spacial score (nSPS) is 14.8. The van der Waals surface area contributed by atoms with Crippen LogP contribution in [0.2, 0.25) is 0 Å². The highest BCUT2D eigenvalue weighted by atomic mass is 19.4. The quantitative estimate of drug-likeness (QED) is 0.531. The van der Waals surface area contributed by atoms with Crippen LogP contribution >= 0.6 is 0 Å². The molecule has 1 nitrogen and oxygen atoms in total. The van der Waals surface area contributed by atoms with Crippen molar-refractivity contribution < 1.29 is 13.2 Å². The SMILES string of the molecule is CN1C=CC=CC1.FC(F)F. The molecule has 1 heterocycles. The highest BCUT2D eigenvalue weighted by Crippen LogP contribution is 1.91. The third kappa shape index (κ3) is 9.07. The molecule has 0 amide bonds. The topological polar surface area (TPSA) is 3.24 Å². The van der Waals surface area contributed by atoms with Crippen LogP contribution in [0.15, 0.2) is 24.4 Å². The summed E-state index contributed by atoms with van der Waals surface area (Å²) < 4.78 is 29.0. The zero-order valence-corrected chi connectivity index (χ0v) is 6.17. The first-order valence-electron chi connectivity index (χ1n) is 3.08. The van der Waals surface area contributed by atoms with Crippen molar-refractivity contribution in [1.82, 2.24) is 4.90 Å². The summed E-state index contributed by atoms with van der Waals surface area (Å²) in [5.41, 5.74) is 0. The van der Waals surface area contributed by atoms with E-state index in [0.717, 1.165) is 6.54 Å². The molecule has 0 saturated carbocycles. The summed E-state index contributed by atoms with van der Waals surface area (Å²) in [6.45, 7) is -2.61. The summed E-state index contributed by atoms with van der Waals surface area (Å²) >= 11 is 0. The second-order valence-corrected chi connectivity index (χ2v) is 1.96. The van der Waals surface area contributed by atoms with Crippen molar-refractivity contribution in [3.8, 4) is 0 Å². The fraction of sp³-hybridized carbons (Fsp3) is 0.429. The van der Waals surface area contributed by atoms with Gasteiger partial charge in [-0.2, -0.15) is 13.2 Å². The largest absolute Gasteiger partial charge is 0.379 e. The lowest BCUT2D eigenvalue weighted by molar-refractivity contribution is 0.00819. The van der Waals surface area contributed by atoms with Crippen molar-refractivity contribution >= 4 is 0 Å². The van der Waals surface area contributed by atoms with Crippen molar-refractivity contribution in [2.45, 2.75) is 6.68 Å². The minimum absolute atomic E-state index is 1.05. The van der Waals surface area contributed by atoms with Gasteiger partial charge in [0.25, 0.3) is 0 Å². The number of hydrogen-bond acceptors (Lipinski definition) is 1. The predicted octanol–water partition coefficient (Wildman–Crippen LogP) is 2.18. The Labute approximate surface area is 63.8 Å². The van der Waals surface area contributed by atoms with Crippen LogP contribution in [0.4, 0.5) is 13.2 Å². The van der Waals surface area contributed by atoms with Crippen molar-refractivity contribution in [2.75, 3.05) is 13.6 Å². The summed E-state index contributed by atoms with van der Waals surface area (Å²) in [4.78, 5) is 2.12. The van der Waals surface area contributed by atoms with E-state index in [9.17, 15) is 13.2 Å². The molecule has 0 fully saturated rings. The maximum absolute atomic E-state index is 9.67. The first-order chi connectivity index (χ1) is 5.13. The number of likely N-dealkylation sites (N-methyl/N-ethyl adjacent to an activating group) is 1. The Bertz CT molecular complexity index is 140. The molecule has 0 radical (unpaired) electrons. The fourth-order valence-electron chi connectivity index (χ4n) is 0.563. The summed E-state index contributed by atoms with van der Waals surface area (Å²) in [6, 6.07) is 0. The van der Waals surface area contributed by atoms with Crippen LogP contribution in [-0.2, 0) is 0 Å². The lowest BCUT2D eigenvalue weighted by atomic mass is 10.4. The molecule has 0 aliphatic carbocycles. The van der Waals surface area contributed by atoms with Crippen molar-refractivity contribution in [1.29, 1.82) is 0 Å². The molecule has 0 aromatic carbocycles. The van der Waals surface area contributed by atoms with Gasteiger partial charge in [0.1, 0.15) is 0 Å². The smallest absolute Gasteiger partial charge is 0.377 e. The first-order valence-corrected chi connectivity index (χ1v) is 3.08. The fourth-order valence-corrected chi connectivity index (χ4v) is 0.563. The van der Waals surface area contributed by atoms with Crippen LogP contribution in [0.25, 0.3) is 0 Å². The third-order valence-electron chi connectivity index (χ3n) is 0.981. The van der Waals surface area contributed by atoms with Crippen LogP contribution in [0.5, 0.6) is 0 Å². The van der Waals surface area contributed by atoms with Gasteiger partial charge in [-0.15, -0.1) is 0 Å². The van der Waals surface area contributed by atoms with Crippen molar-refractivity contribution in [2.24, 2.45) is 0 Å². The molecule has 0 atom stereocenters. The van der Waals surface area contributed by atoms with Crippen LogP contribution in [-0.4, -0.2) is 25.2 Å². The summed E-state index contributed by atoms with van der Waals surface area (Å²) in [5, 5.41) is 0. The van der Waals surface area contributed by atoms with Crippen LogP contribution in [0.1, 0.15) is 0 Å². The van der Waals surface area contributed by atoms with E-state index in [0.29, 0.717) is 0 Å². The summed E-state index contributed by atoms with van der Waals surface area (Å²) in [7, 11) is 2.06. The Balaban J connectivity index is 0.000000218. The standard InChI is InChI=1S/C6H9N.CHF3/c1-7-5-3-2-4-6-7;2-1(3)4/h2-5H,6H2,1H3;1H. The second-order valence-electron chi connectivity index (χ2n) is 1.96. The number of halogens is 3. The predicted molar refractivity (Wildman–Crippen MR) is 38.0 cm³/mol. The second kappa shape index (κ2) is 5.82. The zero-order valence-electron chi connectivity index (χ0n) is 6.17. The van der Waals surface area contributed by atoms with Gasteiger partial charge in [0, 0.05) is 13.6 Å². The van der Waals surface area contributed by atoms with E-state index in [1.54, 1.807) is 0 Å². The monoisotopic (exact) mass is 165 g/mol. The van der Waals surface area contributed by atoms with Crippen LogP contribution in [0, 0.1) is 0 Å². The molecule has 1 aliphatic rings. The van der Waals surface area contributed by atoms with Crippen LogP contribution < -0.4 is 0 Å². The highest BCUT2D eigenvalue weighted by Gasteiger charge is 1.86. The maximum Gasteiger partial charge on any atom is 0.379 e. The average molecular weight is 165 g/mol. The van der Waals surface area contributed by atoms with E-state index in [-0.39, 0.29) is 0 Å². The van der Waals surface area contributed by atoms with Gasteiger partial charge in [-0.05, 0) is 12.3 Å². The molecule has 1 rings (SSSR count). The summed E-state index contributed by atoms with van der Waals surface area (Å²) in [5.74, 6) is 0. The van der Waals surface area contributed by atoms with Gasteiger partial charge in [0.15, 0.2) is 0 Å². The Hall–Kier alpha value is -0.930. The van der Waals surface area contributed by atoms with Gasteiger partial charge in [-0.3, -0.25) is 0 Å². The average Bonchev–Trinajstić information content (AvgIpc) is 1.87. The highest BCUT2D eigenvalue weighted by molar-refractivity contribution is 5.07. The van der Waals surface area contributed by atoms with E-state index < -0.39 is 6.68 Å². The molecule has 0 bridgehead atoms. The molecule has 0 N–H and O–H groups in total. The minimum atomic E-state index is -3.67. The van der Waals surface area contributed by atoms with Gasteiger partial charge >= 0.3 is 6.68 Å². The van der Waals surface area contributed by atoms with Crippen molar-refractivity contribution in [3.05, 3.63) is 24.4 Å². The van der Waals surface area contributed by atoms with Crippen molar-refractivity contribution in [3.63, 3.8) is 0 Å². The first kappa shape index (κ1) is 10.1. The van der Waals surface area contributed by atoms with Gasteiger partial charge in [0.05, 0.1) is 0 Å². The zero-order chi connectivity index (χ0) is 8.69. The van der Waals surface area contributed by atoms with Gasteiger partial charge < -0.3 is 4.90 Å². The lowest BCUT2D eigenvalue weighted by Crippen LogP contribution is -2.11. The summed E-state index contributed by atoms with van der Waals surface area (Å²) in [6.07, 6.45) is 8.27. The molecule has 0 aromatic rings. The minimum Gasteiger partial charge on any atom is -0.377 e. The number of alkyl halides is 3. The van der Waals surface area contributed by atoms with E-state index in [4.69, 9.17) is 0 Å². The Morgan fingerprint density at radius 1 is 1.27 bits per heavy atom. The molecule has 4 heteroatoms. The van der Waals surface area contributed by atoms with Gasteiger partial charge in [-0.1, -0.05) is 12.2 Å². The van der Waals surface area contributed by atoms with E-state index in [2.05, 4.69) is 30.3 Å². The Kier molecular flexibility index (Phi) is 5.33. The molecular weight excluding hydrogens is 155 g/mol. The molecule has 0 aromatic heterocycles. The Morgan fingerprint density at radius 3 is 2.00 bits per heavy atom. The number of nitrogens with zero attached hydrogens (tertiary/aromatic N) is 1. The van der Waals surface area contributed by atoms with Gasteiger partial charge in [-0.25, -0.2) is 0 Å². The molecule has 64 valence electrons. The van der Waals surface area contributed by atoms with Gasteiger partial charge in [0.2, 0.25) is 0 Å². The number of allylic oxidation sites excluding steroid dienone is 2.